The summed E-state index contributed by atoms with van der Waals surface area (Å²) in [6, 6.07) is 12.2. The molecule has 1 aliphatic heterocycles. The third kappa shape index (κ3) is 5.05. The zero-order chi connectivity index (χ0) is 22.5. The molecule has 0 aromatic heterocycles. The summed E-state index contributed by atoms with van der Waals surface area (Å²) in [5.41, 5.74) is 2.21. The lowest BCUT2D eigenvalue weighted by Gasteiger charge is -2.34. The number of nitrogens with zero attached hydrogens (tertiary/aromatic N) is 1. The highest BCUT2D eigenvalue weighted by molar-refractivity contribution is 5.95. The molecule has 0 unspecified atom stereocenters. The van der Waals surface area contributed by atoms with Gasteiger partial charge in [0.05, 0.1) is 23.9 Å². The van der Waals surface area contributed by atoms with Gasteiger partial charge in [-0.1, -0.05) is 38.1 Å². The Morgan fingerprint density at radius 3 is 2.52 bits per heavy atom. The lowest BCUT2D eigenvalue weighted by molar-refractivity contribution is -0.139. The predicted octanol–water partition coefficient (Wildman–Crippen LogP) is 4.54. The van der Waals surface area contributed by atoms with E-state index in [1.54, 1.807) is 20.0 Å². The number of hydrogen-bond donors (Lipinski definition) is 1. The molecule has 3 rings (SSSR count). The molecule has 0 aliphatic carbocycles. The molecule has 1 atom stereocenters. The van der Waals surface area contributed by atoms with Crippen molar-refractivity contribution in [2.45, 2.75) is 32.7 Å². The predicted molar refractivity (Wildman–Crippen MR) is 115 cm³/mol. The van der Waals surface area contributed by atoms with Crippen LogP contribution in [0.15, 0.2) is 59.8 Å². The fourth-order valence-corrected chi connectivity index (χ4v) is 3.42. The van der Waals surface area contributed by atoms with E-state index in [2.05, 4.69) is 19.2 Å². The molecule has 2 aromatic rings. The van der Waals surface area contributed by atoms with Crippen molar-refractivity contribution in [3.63, 3.8) is 0 Å². The summed E-state index contributed by atoms with van der Waals surface area (Å²) in [6.45, 7) is 6.06. The summed E-state index contributed by atoms with van der Waals surface area (Å²) < 4.78 is 25.0. The van der Waals surface area contributed by atoms with Crippen LogP contribution in [-0.4, -0.2) is 37.2 Å². The molecule has 164 valence electrons. The molecule has 31 heavy (non-hydrogen) atoms. The number of amides is 2. The van der Waals surface area contributed by atoms with Crippen molar-refractivity contribution in [1.82, 2.24) is 10.2 Å². The maximum absolute atomic E-state index is 13.8. The van der Waals surface area contributed by atoms with E-state index in [1.807, 2.05) is 24.3 Å². The molecule has 7 heteroatoms. The Labute approximate surface area is 181 Å². The second-order valence-electron chi connectivity index (χ2n) is 7.59. The van der Waals surface area contributed by atoms with Crippen LogP contribution in [-0.2, 0) is 9.53 Å². The number of benzene rings is 2. The first-order chi connectivity index (χ1) is 14.8. The van der Waals surface area contributed by atoms with Crippen LogP contribution in [0.1, 0.15) is 43.9 Å². The molecular formula is C24H27FN2O4. The quantitative estimate of drug-likeness (QED) is 0.660. The van der Waals surface area contributed by atoms with Crippen molar-refractivity contribution >= 4 is 12.0 Å². The number of rotatable bonds is 7. The average molecular weight is 426 g/mol. The number of hydrogen-bond acceptors (Lipinski definition) is 4. The monoisotopic (exact) mass is 426 g/mol. The zero-order valence-corrected chi connectivity index (χ0v) is 18.1. The number of carbonyl (C=O) groups excluding carboxylic acids is 2. The molecule has 1 aliphatic rings. The minimum absolute atomic E-state index is 0.0229. The number of urea groups is 1. The summed E-state index contributed by atoms with van der Waals surface area (Å²) in [7, 11) is 1.55. The third-order valence-corrected chi connectivity index (χ3v) is 5.18. The number of nitrogens with one attached hydrogen (secondary N) is 1. The van der Waals surface area contributed by atoms with Gasteiger partial charge in [0.2, 0.25) is 0 Å². The van der Waals surface area contributed by atoms with Crippen LogP contribution < -0.4 is 10.1 Å². The van der Waals surface area contributed by atoms with E-state index in [0.29, 0.717) is 22.9 Å². The van der Waals surface area contributed by atoms with Gasteiger partial charge >= 0.3 is 12.0 Å². The van der Waals surface area contributed by atoms with Gasteiger partial charge < -0.3 is 14.8 Å². The van der Waals surface area contributed by atoms with E-state index in [0.717, 1.165) is 0 Å². The van der Waals surface area contributed by atoms with Crippen LogP contribution in [0.5, 0.6) is 5.75 Å². The van der Waals surface area contributed by atoms with Gasteiger partial charge in [-0.05, 0) is 48.2 Å². The van der Waals surface area contributed by atoms with Crippen LogP contribution >= 0.6 is 0 Å². The van der Waals surface area contributed by atoms with Crippen LogP contribution in [0.25, 0.3) is 0 Å². The normalized spacial score (nSPS) is 16.4. The van der Waals surface area contributed by atoms with E-state index in [1.165, 1.54) is 28.7 Å². The number of carbonyl (C=O) groups is 2. The van der Waals surface area contributed by atoms with E-state index >= 15 is 0 Å². The molecule has 2 amide bonds. The summed E-state index contributed by atoms with van der Waals surface area (Å²) in [4.78, 5) is 26.8. The van der Waals surface area contributed by atoms with Crippen molar-refractivity contribution in [3.05, 3.63) is 76.7 Å². The van der Waals surface area contributed by atoms with Gasteiger partial charge in [-0.25, -0.2) is 14.0 Å². The van der Waals surface area contributed by atoms with Gasteiger partial charge in [-0.3, -0.25) is 4.90 Å². The Balaban J connectivity index is 1.98. The first kappa shape index (κ1) is 22.3. The molecule has 1 heterocycles. The zero-order valence-electron chi connectivity index (χ0n) is 18.1. The van der Waals surface area contributed by atoms with E-state index < -0.39 is 23.9 Å². The Morgan fingerprint density at radius 1 is 1.19 bits per heavy atom. The van der Waals surface area contributed by atoms with Gasteiger partial charge in [-0.2, -0.15) is 0 Å². The molecule has 0 saturated carbocycles. The standard InChI is InChI=1S/C24H27FN2O4/c1-5-30-23(28)21-20(14-31-19-11-9-16(10-12-19)15(2)3)27(4)24(29)26-22(21)17-7-6-8-18(25)13-17/h6-13,15,22H,5,14H2,1-4H3,(H,26,29)/t22-/m1/s1. The SMILES string of the molecule is CCOC(=O)C1=C(COc2ccc(C(C)C)cc2)N(C)C(=O)N[C@@H]1c1cccc(F)c1. The molecule has 0 fully saturated rings. The lowest BCUT2D eigenvalue weighted by atomic mass is 9.94. The van der Waals surface area contributed by atoms with Crippen LogP contribution in [0.2, 0.25) is 0 Å². The van der Waals surface area contributed by atoms with Crippen molar-refractivity contribution in [2.24, 2.45) is 0 Å². The highest BCUT2D eigenvalue weighted by Crippen LogP contribution is 2.32. The number of halogens is 1. The Morgan fingerprint density at radius 2 is 1.90 bits per heavy atom. The Bertz CT molecular complexity index is 985. The maximum Gasteiger partial charge on any atom is 0.338 e. The Hall–Kier alpha value is -3.35. The topological polar surface area (TPSA) is 67.9 Å². The van der Waals surface area contributed by atoms with Gasteiger partial charge in [0.15, 0.2) is 0 Å². The van der Waals surface area contributed by atoms with E-state index in [4.69, 9.17) is 9.47 Å². The fraction of sp³-hybridized carbons (Fsp3) is 0.333. The smallest absolute Gasteiger partial charge is 0.338 e. The average Bonchev–Trinajstić information content (AvgIpc) is 2.74. The molecule has 0 radical (unpaired) electrons. The van der Waals surface area contributed by atoms with Crippen molar-refractivity contribution in [3.8, 4) is 5.75 Å². The van der Waals surface area contributed by atoms with Crippen molar-refractivity contribution in [2.75, 3.05) is 20.3 Å². The fourth-order valence-electron chi connectivity index (χ4n) is 3.42. The Kier molecular flexibility index (Phi) is 6.95. The molecule has 6 nitrogen and oxygen atoms in total. The number of ether oxygens (including phenoxy) is 2. The van der Waals surface area contributed by atoms with Crippen molar-refractivity contribution in [1.29, 1.82) is 0 Å². The van der Waals surface area contributed by atoms with E-state index in [-0.39, 0.29) is 18.8 Å². The maximum atomic E-state index is 13.8. The second-order valence-corrected chi connectivity index (χ2v) is 7.59. The second kappa shape index (κ2) is 9.64. The molecule has 0 saturated heterocycles. The lowest BCUT2D eigenvalue weighted by Crippen LogP contribution is -2.48. The molecule has 1 N–H and O–H groups in total. The van der Waals surface area contributed by atoms with Crippen LogP contribution in [0.4, 0.5) is 9.18 Å². The van der Waals surface area contributed by atoms with E-state index in [9.17, 15) is 14.0 Å². The van der Waals surface area contributed by atoms with Gasteiger partial charge in [0.1, 0.15) is 18.2 Å². The minimum Gasteiger partial charge on any atom is -0.487 e. The molecule has 2 aromatic carbocycles. The third-order valence-electron chi connectivity index (χ3n) is 5.18. The highest BCUT2D eigenvalue weighted by atomic mass is 19.1. The molecular weight excluding hydrogens is 399 g/mol. The van der Waals surface area contributed by atoms with Gasteiger partial charge in [0, 0.05) is 7.05 Å². The summed E-state index contributed by atoms with van der Waals surface area (Å²) >= 11 is 0. The highest BCUT2D eigenvalue weighted by Gasteiger charge is 2.37. The molecule has 0 bridgehead atoms. The largest absolute Gasteiger partial charge is 0.487 e. The summed E-state index contributed by atoms with van der Waals surface area (Å²) in [5, 5.41) is 2.75. The first-order valence-corrected chi connectivity index (χ1v) is 10.2. The number of esters is 1. The van der Waals surface area contributed by atoms with Gasteiger partial charge in [0.25, 0.3) is 0 Å². The minimum atomic E-state index is -0.847. The van der Waals surface area contributed by atoms with Crippen LogP contribution in [0, 0.1) is 5.82 Å². The van der Waals surface area contributed by atoms with Crippen molar-refractivity contribution < 1.29 is 23.5 Å². The summed E-state index contributed by atoms with van der Waals surface area (Å²) in [6.07, 6.45) is 0. The van der Waals surface area contributed by atoms with Gasteiger partial charge in [-0.15, -0.1) is 0 Å². The molecule has 0 spiro atoms. The summed E-state index contributed by atoms with van der Waals surface area (Å²) in [5.74, 6) is -0.0385. The first-order valence-electron chi connectivity index (χ1n) is 10.2. The number of likely N-dealkylation sites (N-methyl/N-ethyl adjacent to an activating group) is 1. The van der Waals surface area contributed by atoms with Crippen LogP contribution in [0.3, 0.4) is 0 Å².